The van der Waals surface area contributed by atoms with Crippen molar-refractivity contribution in [3.8, 4) is 0 Å². The van der Waals surface area contributed by atoms with Crippen LogP contribution in [0.3, 0.4) is 0 Å². The van der Waals surface area contributed by atoms with Crippen molar-refractivity contribution in [2.75, 3.05) is 5.75 Å². The molecule has 0 amide bonds. The molecule has 1 heteroatoms. The summed E-state index contributed by atoms with van der Waals surface area (Å²) < 4.78 is 0. The summed E-state index contributed by atoms with van der Waals surface area (Å²) in [7, 11) is 0.527. The number of hydrogen-bond donors (Lipinski definition) is 0. The summed E-state index contributed by atoms with van der Waals surface area (Å²) in [5, 5.41) is 0.819. The maximum Gasteiger partial charge on any atom is 0.0104 e. The van der Waals surface area contributed by atoms with E-state index in [4.69, 9.17) is 0 Å². The van der Waals surface area contributed by atoms with Gasteiger partial charge in [-0.3, -0.25) is 0 Å². The number of rotatable bonds is 3. The van der Waals surface area contributed by atoms with E-state index in [0.717, 1.165) is 17.1 Å². The Balaban J connectivity index is 2.92. The van der Waals surface area contributed by atoms with E-state index in [-0.39, 0.29) is 0 Å². The first kappa shape index (κ1) is 12.0. The maximum atomic E-state index is 2.50. The van der Waals surface area contributed by atoms with Gasteiger partial charge in [-0.25, -0.2) is 0 Å². The van der Waals surface area contributed by atoms with Gasteiger partial charge in [-0.15, -0.1) is 0 Å². The normalized spacial score (nSPS) is 22.8. The van der Waals surface area contributed by atoms with Crippen molar-refractivity contribution in [3.63, 3.8) is 0 Å². The summed E-state index contributed by atoms with van der Waals surface area (Å²) in [4.78, 5) is 1.71. The lowest BCUT2D eigenvalue weighted by Gasteiger charge is -2.15. The van der Waals surface area contributed by atoms with Crippen LogP contribution in [0.25, 0.3) is 0 Å². The molecule has 1 unspecified atom stereocenters. The first-order valence-corrected chi connectivity index (χ1v) is 7.16. The summed E-state index contributed by atoms with van der Waals surface area (Å²) in [6.07, 6.45) is 2.50. The molecule has 0 saturated heterocycles. The van der Waals surface area contributed by atoms with E-state index in [0.29, 0.717) is 10.5 Å². The van der Waals surface area contributed by atoms with Gasteiger partial charge in [0.25, 0.3) is 0 Å². The molecule has 1 aliphatic heterocycles. The molecule has 1 rings (SSSR count). The molecule has 14 heavy (non-hydrogen) atoms. The Bertz CT molecular complexity index is 267. The molecule has 1 atom stereocenters. The van der Waals surface area contributed by atoms with E-state index >= 15 is 0 Å². The highest BCUT2D eigenvalue weighted by Crippen LogP contribution is 2.36. The second-order valence-electron chi connectivity index (χ2n) is 5.05. The molecule has 0 spiro atoms. The fraction of sp³-hybridized carbons (Fsp3) is 0.769. The van der Waals surface area contributed by atoms with Gasteiger partial charge in [0, 0.05) is 5.75 Å². The summed E-state index contributed by atoms with van der Waals surface area (Å²) in [5.41, 5.74) is 1.67. The highest BCUT2D eigenvalue weighted by molar-refractivity contribution is 8.17. The largest absolute Gasteiger partial charge is 0.176 e. The van der Waals surface area contributed by atoms with E-state index < -0.39 is 0 Å². The molecule has 82 valence electrons. The highest BCUT2D eigenvalue weighted by Gasteiger charge is 2.20. The van der Waals surface area contributed by atoms with Gasteiger partial charge < -0.3 is 0 Å². The molecule has 0 aromatic heterocycles. The van der Waals surface area contributed by atoms with Gasteiger partial charge in [0.2, 0.25) is 0 Å². The van der Waals surface area contributed by atoms with Gasteiger partial charge in [-0.05, 0) is 22.0 Å². The van der Waals surface area contributed by atoms with E-state index in [9.17, 15) is 0 Å². The predicted molar refractivity (Wildman–Crippen MR) is 70.4 cm³/mol. The third kappa shape index (κ3) is 2.50. The fourth-order valence-corrected chi connectivity index (χ4v) is 4.53. The van der Waals surface area contributed by atoms with Crippen LogP contribution in [-0.2, 0) is 0 Å². The molecule has 0 saturated carbocycles. The van der Waals surface area contributed by atoms with Gasteiger partial charge >= 0.3 is 0 Å². The Morgan fingerprint density at radius 1 is 1.00 bits per heavy atom. The molecule has 1 aliphatic rings. The lowest BCUT2D eigenvalue weighted by atomic mass is 10.0. The Hall–Kier alpha value is -0.0400. The first-order chi connectivity index (χ1) is 6.43. The third-order valence-electron chi connectivity index (χ3n) is 2.83. The Labute approximate surface area is 91.7 Å². The SMILES string of the molecule is CC(C)C1=CC(C(C)C)=S(C(C)C)C1. The van der Waals surface area contributed by atoms with Crippen molar-refractivity contribution < 1.29 is 0 Å². The van der Waals surface area contributed by atoms with Crippen molar-refractivity contribution in [2.24, 2.45) is 11.8 Å². The molecular formula is C13H24S. The van der Waals surface area contributed by atoms with Gasteiger partial charge in [0.05, 0.1) is 0 Å². The summed E-state index contributed by atoms with van der Waals surface area (Å²) >= 11 is 0. The molecule has 0 N–H and O–H groups in total. The standard InChI is InChI=1S/C13H24S/c1-9(2)12-7-13(10(3)4)14(8-12)11(5)6/h7,9-11H,8H2,1-6H3. The van der Waals surface area contributed by atoms with Crippen LogP contribution >= 0.6 is 10.5 Å². The minimum Gasteiger partial charge on any atom is -0.176 e. The molecule has 1 heterocycles. The Morgan fingerprint density at radius 3 is 1.86 bits per heavy atom. The van der Waals surface area contributed by atoms with Crippen LogP contribution in [0.1, 0.15) is 41.5 Å². The van der Waals surface area contributed by atoms with Crippen molar-refractivity contribution in [3.05, 3.63) is 11.6 Å². The van der Waals surface area contributed by atoms with Gasteiger partial charge in [0.15, 0.2) is 0 Å². The van der Waals surface area contributed by atoms with E-state index in [1.807, 2.05) is 0 Å². The molecule has 0 aromatic rings. The average molecular weight is 212 g/mol. The van der Waals surface area contributed by atoms with Crippen molar-refractivity contribution in [2.45, 2.75) is 46.8 Å². The van der Waals surface area contributed by atoms with Crippen LogP contribution in [0.15, 0.2) is 11.6 Å². The van der Waals surface area contributed by atoms with Crippen molar-refractivity contribution in [1.82, 2.24) is 0 Å². The third-order valence-corrected chi connectivity index (χ3v) is 5.81. The van der Waals surface area contributed by atoms with Gasteiger partial charge in [0.1, 0.15) is 0 Å². The zero-order valence-electron chi connectivity index (χ0n) is 10.4. The monoisotopic (exact) mass is 212 g/mol. The second-order valence-corrected chi connectivity index (χ2v) is 7.61. The van der Waals surface area contributed by atoms with E-state index in [1.54, 1.807) is 10.4 Å². The first-order valence-electron chi connectivity index (χ1n) is 5.70. The molecule has 0 bridgehead atoms. The maximum absolute atomic E-state index is 2.50. The zero-order valence-corrected chi connectivity index (χ0v) is 11.2. The fourth-order valence-electron chi connectivity index (χ4n) is 1.80. The summed E-state index contributed by atoms with van der Waals surface area (Å²) in [5.74, 6) is 2.81. The highest BCUT2D eigenvalue weighted by atomic mass is 32.2. The van der Waals surface area contributed by atoms with Crippen molar-refractivity contribution >= 4 is 15.3 Å². The molecule has 0 fully saturated rings. The smallest absolute Gasteiger partial charge is 0.0104 e. The van der Waals surface area contributed by atoms with Crippen LogP contribution in [0.4, 0.5) is 0 Å². The molecule has 0 radical (unpaired) electrons. The lowest BCUT2D eigenvalue weighted by molar-refractivity contribution is 0.774. The molecule has 0 nitrogen and oxygen atoms in total. The zero-order chi connectivity index (χ0) is 10.9. The average Bonchev–Trinajstić information content (AvgIpc) is 2.47. The Morgan fingerprint density at radius 2 is 1.57 bits per heavy atom. The second kappa shape index (κ2) is 4.65. The van der Waals surface area contributed by atoms with Crippen LogP contribution in [0, 0.1) is 11.8 Å². The van der Waals surface area contributed by atoms with E-state index in [1.165, 1.54) is 5.75 Å². The van der Waals surface area contributed by atoms with Crippen LogP contribution in [-0.4, -0.2) is 15.9 Å². The number of hydrogen-bond acceptors (Lipinski definition) is 0. The summed E-state index contributed by atoms with van der Waals surface area (Å²) in [6, 6.07) is 0. The van der Waals surface area contributed by atoms with Gasteiger partial charge in [-0.1, -0.05) is 53.2 Å². The molecule has 0 aliphatic carbocycles. The lowest BCUT2D eigenvalue weighted by Crippen LogP contribution is -2.06. The van der Waals surface area contributed by atoms with E-state index in [2.05, 4.69) is 47.6 Å². The van der Waals surface area contributed by atoms with Crippen molar-refractivity contribution in [1.29, 1.82) is 0 Å². The minimum atomic E-state index is 0.527. The van der Waals surface area contributed by atoms with Crippen LogP contribution in [0.5, 0.6) is 0 Å². The van der Waals surface area contributed by atoms with Gasteiger partial charge in [-0.2, -0.15) is 10.5 Å². The Kier molecular flexibility index (Phi) is 4.00. The topological polar surface area (TPSA) is 0 Å². The van der Waals surface area contributed by atoms with Crippen LogP contribution < -0.4 is 0 Å². The summed E-state index contributed by atoms with van der Waals surface area (Å²) in [6.45, 7) is 14.0. The molecular weight excluding hydrogens is 188 g/mol. The quantitative estimate of drug-likeness (QED) is 0.618. The molecule has 0 aromatic carbocycles. The number of allylic oxidation sites excluding steroid dienone is 1. The van der Waals surface area contributed by atoms with Crippen LogP contribution in [0.2, 0.25) is 0 Å². The predicted octanol–water partition coefficient (Wildman–Crippen LogP) is 4.09. The minimum absolute atomic E-state index is 0.527.